The summed E-state index contributed by atoms with van der Waals surface area (Å²) < 4.78 is 7.23. The maximum absolute atomic E-state index is 4.80. The van der Waals surface area contributed by atoms with Crippen molar-refractivity contribution in [1.82, 2.24) is 13.7 Å². The lowest BCUT2D eigenvalue weighted by Crippen LogP contribution is -1.95. The second kappa shape index (κ2) is 13.6. The smallest absolute Gasteiger partial charge is 0.0562 e. The van der Waals surface area contributed by atoms with Crippen LogP contribution in [0.1, 0.15) is 22.3 Å². The standard InChI is InChI=1S/C58H41N3/c1-37-17-13-14-24-45(37)47-34-51-48-32-40(27-29-54(48)60(56(51)31-38(47)2)43-20-9-5-10-21-43)39(3)41-28-30-55-49(33-41)52-35-50-46-25-15-16-26-53(46)59(42-18-7-4-8-19-42)57(50)36-58(52)61(55)44-22-11-6-12-23-44/h4-36H,3H2,1-2H3. The van der Waals surface area contributed by atoms with Gasteiger partial charge in [-0.1, -0.05) is 116 Å². The monoisotopic (exact) mass is 779 g/mol. The first-order valence-corrected chi connectivity index (χ1v) is 21.0. The van der Waals surface area contributed by atoms with Crippen LogP contribution in [-0.4, -0.2) is 13.7 Å². The zero-order valence-electron chi connectivity index (χ0n) is 34.1. The van der Waals surface area contributed by atoms with E-state index >= 15 is 0 Å². The molecule has 0 amide bonds. The summed E-state index contributed by atoms with van der Waals surface area (Å²) in [6, 6.07) is 73.0. The Morgan fingerprint density at radius 1 is 0.311 bits per heavy atom. The van der Waals surface area contributed by atoms with E-state index in [9.17, 15) is 0 Å². The highest BCUT2D eigenvalue weighted by Gasteiger charge is 2.21. The molecule has 3 heterocycles. The molecule has 0 aliphatic rings. The number of hydrogen-bond acceptors (Lipinski definition) is 0. The van der Waals surface area contributed by atoms with Crippen molar-refractivity contribution in [2.75, 3.05) is 0 Å². The van der Waals surface area contributed by atoms with E-state index in [0.717, 1.165) is 33.8 Å². The third-order valence-electron chi connectivity index (χ3n) is 12.8. The van der Waals surface area contributed by atoms with Crippen LogP contribution in [0.25, 0.3) is 99.2 Å². The minimum Gasteiger partial charge on any atom is -0.309 e. The molecule has 0 fully saturated rings. The fraction of sp³-hybridized carbons (Fsp3) is 0.0345. The lowest BCUT2D eigenvalue weighted by Gasteiger charge is -2.12. The minimum atomic E-state index is 0.998. The molecular weight excluding hydrogens is 739 g/mol. The van der Waals surface area contributed by atoms with Crippen molar-refractivity contribution in [2.24, 2.45) is 0 Å². The third kappa shape index (κ3) is 5.37. The Morgan fingerprint density at radius 3 is 1.30 bits per heavy atom. The third-order valence-corrected chi connectivity index (χ3v) is 12.8. The number of fused-ring (bicyclic) bond motifs is 9. The first-order valence-electron chi connectivity index (χ1n) is 21.0. The normalized spacial score (nSPS) is 11.8. The zero-order chi connectivity index (χ0) is 40.8. The molecule has 0 atom stereocenters. The Kier molecular flexibility index (Phi) is 7.82. The van der Waals surface area contributed by atoms with Gasteiger partial charge in [-0.15, -0.1) is 0 Å². The van der Waals surface area contributed by atoms with Crippen LogP contribution in [0.5, 0.6) is 0 Å². The van der Waals surface area contributed by atoms with Crippen LogP contribution < -0.4 is 0 Å². The molecule has 3 aromatic heterocycles. The number of nitrogens with zero attached hydrogens (tertiary/aromatic N) is 3. The van der Waals surface area contributed by atoms with Crippen molar-refractivity contribution in [1.29, 1.82) is 0 Å². The van der Waals surface area contributed by atoms with Gasteiger partial charge >= 0.3 is 0 Å². The summed E-state index contributed by atoms with van der Waals surface area (Å²) in [5, 5.41) is 7.36. The highest BCUT2D eigenvalue weighted by atomic mass is 15.0. The van der Waals surface area contributed by atoms with Gasteiger partial charge in [-0.3, -0.25) is 0 Å². The van der Waals surface area contributed by atoms with Gasteiger partial charge in [0.05, 0.1) is 33.1 Å². The molecule has 0 spiro atoms. The number of aromatic nitrogens is 3. The summed E-state index contributed by atoms with van der Waals surface area (Å²) in [5.41, 5.74) is 18.8. The summed E-state index contributed by atoms with van der Waals surface area (Å²) in [6.45, 7) is 9.24. The predicted octanol–water partition coefficient (Wildman–Crippen LogP) is 15.3. The molecule has 0 radical (unpaired) electrons. The van der Waals surface area contributed by atoms with Crippen molar-refractivity contribution in [3.05, 3.63) is 229 Å². The molecule has 3 heteroatoms. The van der Waals surface area contributed by atoms with Crippen molar-refractivity contribution in [3.63, 3.8) is 0 Å². The predicted molar refractivity (Wildman–Crippen MR) is 259 cm³/mol. The van der Waals surface area contributed by atoms with E-state index in [0.29, 0.717) is 0 Å². The van der Waals surface area contributed by atoms with Crippen LogP contribution >= 0.6 is 0 Å². The van der Waals surface area contributed by atoms with Gasteiger partial charge in [0.25, 0.3) is 0 Å². The molecule has 12 rings (SSSR count). The van der Waals surface area contributed by atoms with Crippen LogP contribution in [0.2, 0.25) is 0 Å². The largest absolute Gasteiger partial charge is 0.309 e. The van der Waals surface area contributed by atoms with E-state index in [1.807, 2.05) is 0 Å². The SMILES string of the molecule is C=C(c1ccc2c(c1)c1cc(-c3ccccc3C)c(C)cc1n2-c1ccccc1)c1ccc2c(c1)c1cc3c4ccccc4n(-c4ccccc4)c3cc1n2-c1ccccc1. The summed E-state index contributed by atoms with van der Waals surface area (Å²) >= 11 is 0. The summed E-state index contributed by atoms with van der Waals surface area (Å²) in [6.07, 6.45) is 0. The first-order chi connectivity index (χ1) is 30.0. The number of para-hydroxylation sites is 4. The van der Waals surface area contributed by atoms with Crippen LogP contribution in [0.3, 0.4) is 0 Å². The van der Waals surface area contributed by atoms with Crippen LogP contribution in [0.15, 0.2) is 207 Å². The number of rotatable bonds is 6. The fourth-order valence-corrected chi connectivity index (χ4v) is 9.92. The van der Waals surface area contributed by atoms with E-state index in [2.05, 4.69) is 228 Å². The molecule has 61 heavy (non-hydrogen) atoms. The fourth-order valence-electron chi connectivity index (χ4n) is 9.92. The van der Waals surface area contributed by atoms with E-state index in [-0.39, 0.29) is 0 Å². The Bertz CT molecular complexity index is 3710. The molecule has 288 valence electrons. The van der Waals surface area contributed by atoms with Crippen molar-refractivity contribution in [2.45, 2.75) is 13.8 Å². The summed E-state index contributed by atoms with van der Waals surface area (Å²) in [7, 11) is 0. The molecule has 0 bridgehead atoms. The van der Waals surface area contributed by atoms with E-state index < -0.39 is 0 Å². The molecule has 0 aliphatic carbocycles. The Labute approximate surface area is 354 Å². The molecular formula is C58H41N3. The number of benzene rings is 9. The van der Waals surface area contributed by atoms with E-state index in [4.69, 9.17) is 6.58 Å². The molecule has 0 aliphatic heterocycles. The Hall–Kier alpha value is -7.88. The van der Waals surface area contributed by atoms with Gasteiger partial charge in [0.2, 0.25) is 0 Å². The van der Waals surface area contributed by atoms with E-state index in [1.165, 1.54) is 87.7 Å². The number of hydrogen-bond donors (Lipinski definition) is 0. The van der Waals surface area contributed by atoms with Crippen LogP contribution in [-0.2, 0) is 0 Å². The minimum absolute atomic E-state index is 0.998. The average molecular weight is 780 g/mol. The topological polar surface area (TPSA) is 14.8 Å². The highest BCUT2D eigenvalue weighted by molar-refractivity contribution is 6.20. The van der Waals surface area contributed by atoms with Crippen molar-refractivity contribution >= 4 is 71.0 Å². The Morgan fingerprint density at radius 2 is 0.738 bits per heavy atom. The van der Waals surface area contributed by atoms with Gasteiger partial charge in [0, 0.05) is 49.4 Å². The number of aryl methyl sites for hydroxylation is 2. The summed E-state index contributed by atoms with van der Waals surface area (Å²) in [5.74, 6) is 0. The van der Waals surface area contributed by atoms with Crippen LogP contribution in [0, 0.1) is 13.8 Å². The zero-order valence-corrected chi connectivity index (χ0v) is 34.1. The van der Waals surface area contributed by atoms with Gasteiger partial charge < -0.3 is 13.7 Å². The molecule has 0 saturated heterocycles. The second-order valence-corrected chi connectivity index (χ2v) is 16.4. The maximum Gasteiger partial charge on any atom is 0.0562 e. The quantitative estimate of drug-likeness (QED) is 0.160. The molecule has 0 unspecified atom stereocenters. The molecule has 12 aromatic rings. The average Bonchev–Trinajstić information content (AvgIpc) is 3.92. The molecule has 0 N–H and O–H groups in total. The Balaban J connectivity index is 1.07. The van der Waals surface area contributed by atoms with Gasteiger partial charge in [-0.05, 0) is 144 Å². The lowest BCUT2D eigenvalue weighted by atomic mass is 9.93. The summed E-state index contributed by atoms with van der Waals surface area (Å²) in [4.78, 5) is 0. The van der Waals surface area contributed by atoms with Gasteiger partial charge in [0.1, 0.15) is 0 Å². The van der Waals surface area contributed by atoms with Gasteiger partial charge in [0.15, 0.2) is 0 Å². The second-order valence-electron chi connectivity index (χ2n) is 16.4. The van der Waals surface area contributed by atoms with Gasteiger partial charge in [-0.2, -0.15) is 0 Å². The van der Waals surface area contributed by atoms with E-state index in [1.54, 1.807) is 0 Å². The lowest BCUT2D eigenvalue weighted by molar-refractivity contribution is 1.16. The maximum atomic E-state index is 4.80. The van der Waals surface area contributed by atoms with Gasteiger partial charge in [-0.25, -0.2) is 0 Å². The molecule has 9 aromatic carbocycles. The first kappa shape index (κ1) is 35.1. The molecule has 3 nitrogen and oxygen atoms in total. The van der Waals surface area contributed by atoms with Crippen molar-refractivity contribution < 1.29 is 0 Å². The van der Waals surface area contributed by atoms with Crippen molar-refractivity contribution in [3.8, 4) is 28.2 Å². The highest BCUT2D eigenvalue weighted by Crippen LogP contribution is 2.42. The van der Waals surface area contributed by atoms with Crippen LogP contribution in [0.4, 0.5) is 0 Å². The molecule has 0 saturated carbocycles.